The first-order valence-electron chi connectivity index (χ1n) is 7.95. The van der Waals surface area contributed by atoms with Gasteiger partial charge in [-0.3, -0.25) is 30.6 Å². The monoisotopic (exact) mass is 365 g/mol. The molecule has 2 amide bonds. The topological polar surface area (TPSA) is 119 Å². The van der Waals surface area contributed by atoms with E-state index in [9.17, 15) is 19.7 Å². The van der Waals surface area contributed by atoms with Crippen LogP contribution in [-0.4, -0.2) is 26.5 Å². The molecule has 9 heteroatoms. The fourth-order valence-corrected chi connectivity index (χ4v) is 2.36. The van der Waals surface area contributed by atoms with Crippen LogP contribution >= 0.6 is 0 Å². The van der Waals surface area contributed by atoms with E-state index in [-0.39, 0.29) is 17.7 Å². The molecule has 1 aromatic heterocycles. The summed E-state index contributed by atoms with van der Waals surface area (Å²) < 4.78 is 1.64. The van der Waals surface area contributed by atoms with E-state index in [2.05, 4.69) is 16.0 Å². The van der Waals surface area contributed by atoms with Crippen LogP contribution in [0, 0.1) is 10.1 Å². The van der Waals surface area contributed by atoms with Crippen LogP contribution in [0.15, 0.2) is 67.0 Å². The van der Waals surface area contributed by atoms with Gasteiger partial charge in [-0.2, -0.15) is 5.10 Å². The lowest BCUT2D eigenvalue weighted by Gasteiger charge is -2.06. The normalized spacial score (nSPS) is 10.2. The highest BCUT2D eigenvalue weighted by molar-refractivity contribution is 5.96. The predicted octanol–water partition coefficient (Wildman–Crippen LogP) is 1.78. The Labute approximate surface area is 153 Å². The third-order valence-electron chi connectivity index (χ3n) is 3.66. The second-order valence-electron chi connectivity index (χ2n) is 5.62. The first-order valence-corrected chi connectivity index (χ1v) is 7.95. The van der Waals surface area contributed by atoms with Gasteiger partial charge >= 0.3 is 0 Å². The molecule has 0 bridgehead atoms. The summed E-state index contributed by atoms with van der Waals surface area (Å²) >= 11 is 0. The fraction of sp³-hybridized carbons (Fsp3) is 0.0556. The zero-order valence-electron chi connectivity index (χ0n) is 14.0. The smallest absolute Gasteiger partial charge is 0.270 e. The highest BCUT2D eigenvalue weighted by Gasteiger charge is 2.13. The Morgan fingerprint density at radius 3 is 2.59 bits per heavy atom. The molecule has 27 heavy (non-hydrogen) atoms. The summed E-state index contributed by atoms with van der Waals surface area (Å²) in [5, 5.41) is 14.9. The quantitative estimate of drug-likeness (QED) is 0.528. The number of nitrogens with zero attached hydrogens (tertiary/aromatic N) is 3. The molecule has 3 aromatic rings. The molecule has 136 valence electrons. The number of nitro groups is 1. The number of nitro benzene ring substituents is 1. The molecule has 3 rings (SSSR count). The van der Waals surface area contributed by atoms with E-state index in [1.807, 2.05) is 30.3 Å². The second kappa shape index (κ2) is 7.91. The summed E-state index contributed by atoms with van der Waals surface area (Å²) in [5.41, 5.74) is 5.91. The molecule has 1 heterocycles. The molecule has 0 radical (unpaired) electrons. The first kappa shape index (κ1) is 17.8. The lowest BCUT2D eigenvalue weighted by Crippen LogP contribution is -2.42. The van der Waals surface area contributed by atoms with Gasteiger partial charge in [-0.05, 0) is 23.8 Å². The van der Waals surface area contributed by atoms with Gasteiger partial charge in [0.1, 0.15) is 0 Å². The van der Waals surface area contributed by atoms with Gasteiger partial charge in [0.15, 0.2) is 0 Å². The number of carbonyl (C=O) groups excluding carboxylic acids is 2. The molecule has 9 nitrogen and oxygen atoms in total. The van der Waals surface area contributed by atoms with Gasteiger partial charge in [0, 0.05) is 23.9 Å². The molecular formula is C18H15N5O4. The molecule has 0 saturated carbocycles. The molecule has 2 aromatic carbocycles. The number of benzene rings is 2. The number of hydrogen-bond donors (Lipinski definition) is 2. The van der Waals surface area contributed by atoms with Crippen LogP contribution in [0.1, 0.15) is 15.9 Å². The molecule has 0 fully saturated rings. The van der Waals surface area contributed by atoms with Crippen molar-refractivity contribution >= 4 is 17.5 Å². The van der Waals surface area contributed by atoms with Crippen molar-refractivity contribution < 1.29 is 14.5 Å². The van der Waals surface area contributed by atoms with Crippen LogP contribution in [0.3, 0.4) is 0 Å². The third kappa shape index (κ3) is 4.54. The van der Waals surface area contributed by atoms with Crippen LogP contribution in [-0.2, 0) is 11.2 Å². The average Bonchev–Trinajstić information content (AvgIpc) is 3.15. The van der Waals surface area contributed by atoms with Gasteiger partial charge in [0.05, 0.1) is 23.2 Å². The zero-order valence-corrected chi connectivity index (χ0v) is 14.0. The number of para-hydroxylation sites is 1. The Balaban J connectivity index is 1.56. The van der Waals surface area contributed by atoms with Gasteiger partial charge in [-0.1, -0.05) is 24.3 Å². The van der Waals surface area contributed by atoms with E-state index < -0.39 is 16.7 Å². The maximum absolute atomic E-state index is 12.0. The lowest BCUT2D eigenvalue weighted by atomic mass is 10.2. The minimum absolute atomic E-state index is 0.0159. The highest BCUT2D eigenvalue weighted by Crippen LogP contribution is 2.12. The molecule has 0 aliphatic rings. The maximum Gasteiger partial charge on any atom is 0.270 e. The lowest BCUT2D eigenvalue weighted by molar-refractivity contribution is -0.384. The minimum atomic E-state index is -0.646. The van der Waals surface area contributed by atoms with Crippen molar-refractivity contribution in [3.05, 3.63) is 88.2 Å². The summed E-state index contributed by atoms with van der Waals surface area (Å²) in [4.78, 5) is 34.1. The van der Waals surface area contributed by atoms with Crippen molar-refractivity contribution in [2.45, 2.75) is 6.42 Å². The predicted molar refractivity (Wildman–Crippen MR) is 96.0 cm³/mol. The highest BCUT2D eigenvalue weighted by atomic mass is 16.6. The summed E-state index contributed by atoms with van der Waals surface area (Å²) in [5.74, 6) is -1.09. The Bertz CT molecular complexity index is 984. The van der Waals surface area contributed by atoms with Gasteiger partial charge < -0.3 is 0 Å². The second-order valence-corrected chi connectivity index (χ2v) is 5.62. The van der Waals surface area contributed by atoms with Crippen molar-refractivity contribution in [1.82, 2.24) is 20.6 Å². The molecule has 0 aliphatic carbocycles. The van der Waals surface area contributed by atoms with Crippen LogP contribution in [0.4, 0.5) is 5.69 Å². The van der Waals surface area contributed by atoms with Crippen LogP contribution < -0.4 is 10.9 Å². The maximum atomic E-state index is 12.0. The molecule has 0 aliphatic heterocycles. The zero-order chi connectivity index (χ0) is 19.2. The van der Waals surface area contributed by atoms with E-state index >= 15 is 0 Å². The van der Waals surface area contributed by atoms with E-state index in [1.165, 1.54) is 18.2 Å². The van der Waals surface area contributed by atoms with Gasteiger partial charge in [0.25, 0.3) is 11.6 Å². The first-order chi connectivity index (χ1) is 13.0. The number of non-ortho nitro benzene ring substituents is 1. The van der Waals surface area contributed by atoms with Gasteiger partial charge in [-0.15, -0.1) is 0 Å². The number of amides is 2. The van der Waals surface area contributed by atoms with E-state index in [0.29, 0.717) is 5.56 Å². The average molecular weight is 365 g/mol. The van der Waals surface area contributed by atoms with Crippen molar-refractivity contribution in [3.8, 4) is 5.69 Å². The van der Waals surface area contributed by atoms with Crippen molar-refractivity contribution in [2.75, 3.05) is 0 Å². The molecule has 0 atom stereocenters. The van der Waals surface area contributed by atoms with Crippen LogP contribution in [0.25, 0.3) is 5.69 Å². The van der Waals surface area contributed by atoms with E-state index in [1.54, 1.807) is 17.1 Å². The third-order valence-corrected chi connectivity index (χ3v) is 3.66. The Morgan fingerprint density at radius 2 is 1.85 bits per heavy atom. The summed E-state index contributed by atoms with van der Waals surface area (Å²) in [6, 6.07) is 14.6. The number of aromatic nitrogens is 2. The standard InChI is InChI=1S/C18H15N5O4/c24-17(9-13-11-19-22(12-13)15-6-2-1-3-7-15)20-21-18(25)14-5-4-8-16(10-14)23(26)27/h1-8,10-12H,9H2,(H,20,24)(H,21,25). The Morgan fingerprint density at radius 1 is 1.07 bits per heavy atom. The van der Waals surface area contributed by atoms with Crippen molar-refractivity contribution in [1.29, 1.82) is 0 Å². The van der Waals surface area contributed by atoms with Gasteiger partial charge in [-0.25, -0.2) is 4.68 Å². The molecule has 0 unspecified atom stereocenters. The Kier molecular flexibility index (Phi) is 5.22. The molecule has 0 spiro atoms. The number of carbonyl (C=O) groups is 2. The van der Waals surface area contributed by atoms with E-state index in [4.69, 9.17) is 0 Å². The molecule has 2 N–H and O–H groups in total. The molecule has 0 saturated heterocycles. The number of rotatable bonds is 5. The Hall–Kier alpha value is -4.01. The van der Waals surface area contributed by atoms with Crippen molar-refractivity contribution in [3.63, 3.8) is 0 Å². The fourth-order valence-electron chi connectivity index (χ4n) is 2.36. The van der Waals surface area contributed by atoms with Crippen molar-refractivity contribution in [2.24, 2.45) is 0 Å². The minimum Gasteiger partial charge on any atom is -0.273 e. The van der Waals surface area contributed by atoms with E-state index in [0.717, 1.165) is 11.8 Å². The molecular weight excluding hydrogens is 350 g/mol. The largest absolute Gasteiger partial charge is 0.273 e. The van der Waals surface area contributed by atoms with Gasteiger partial charge in [0.2, 0.25) is 5.91 Å². The summed E-state index contributed by atoms with van der Waals surface area (Å²) in [6.45, 7) is 0. The summed E-state index contributed by atoms with van der Waals surface area (Å²) in [7, 11) is 0. The number of nitrogens with one attached hydrogen (secondary N) is 2. The number of hydrazine groups is 1. The summed E-state index contributed by atoms with van der Waals surface area (Å²) in [6.07, 6.45) is 3.30. The van der Waals surface area contributed by atoms with Crippen LogP contribution in [0.2, 0.25) is 0 Å². The number of hydrogen-bond acceptors (Lipinski definition) is 5. The van der Waals surface area contributed by atoms with Crippen LogP contribution in [0.5, 0.6) is 0 Å². The SMILES string of the molecule is O=C(Cc1cnn(-c2ccccc2)c1)NNC(=O)c1cccc([N+](=O)[O-])c1.